The molecule has 0 aromatic heterocycles. The summed E-state index contributed by atoms with van der Waals surface area (Å²) in [5.41, 5.74) is 1.74. The summed E-state index contributed by atoms with van der Waals surface area (Å²) >= 11 is 0. The maximum atomic E-state index is 12.3. The van der Waals surface area contributed by atoms with Crippen LogP contribution in [0.25, 0.3) is 0 Å². The van der Waals surface area contributed by atoms with Gasteiger partial charge in [-0.05, 0) is 55.0 Å². The van der Waals surface area contributed by atoms with Gasteiger partial charge in [-0.2, -0.15) is 5.26 Å². The maximum absolute atomic E-state index is 12.3. The number of ether oxygens (including phenoxy) is 1. The van der Waals surface area contributed by atoms with Crippen molar-refractivity contribution in [1.29, 1.82) is 5.26 Å². The number of unbranched alkanes of at least 4 members (excludes halogenated alkanes) is 1. The van der Waals surface area contributed by atoms with E-state index in [-0.39, 0.29) is 5.78 Å². The van der Waals surface area contributed by atoms with Crippen LogP contribution in [-0.2, 0) is 0 Å². The topological polar surface area (TPSA) is 50.1 Å². The Morgan fingerprint density at radius 3 is 2.14 bits per heavy atom. The number of carbonyl (C=O) groups is 1. The van der Waals surface area contributed by atoms with Crippen LogP contribution in [0.5, 0.6) is 5.75 Å². The predicted octanol–water partition coefficient (Wildman–Crippen LogP) is 3.97. The molecule has 0 bridgehead atoms. The lowest BCUT2D eigenvalue weighted by Gasteiger charge is -2.06. The molecule has 0 fully saturated rings. The van der Waals surface area contributed by atoms with Gasteiger partial charge in [0.25, 0.3) is 0 Å². The molecule has 2 aromatic rings. The standard InChI is InChI=1S/C18H17NO2/c1-2-3-12-21-17-10-8-16(9-11-17)18(20)15-6-4-14(13-19)5-7-15/h4-11H,2-3,12H2,1H3. The van der Waals surface area contributed by atoms with Gasteiger partial charge in [0.05, 0.1) is 18.2 Å². The largest absolute Gasteiger partial charge is 0.494 e. The number of hydrogen-bond donors (Lipinski definition) is 0. The van der Waals surface area contributed by atoms with Crippen LogP contribution in [0, 0.1) is 11.3 Å². The minimum atomic E-state index is -0.0559. The number of rotatable bonds is 6. The van der Waals surface area contributed by atoms with E-state index in [1.807, 2.05) is 18.2 Å². The van der Waals surface area contributed by atoms with E-state index in [2.05, 4.69) is 6.92 Å². The van der Waals surface area contributed by atoms with E-state index >= 15 is 0 Å². The highest BCUT2D eigenvalue weighted by Gasteiger charge is 2.09. The van der Waals surface area contributed by atoms with Crippen molar-refractivity contribution in [2.24, 2.45) is 0 Å². The average Bonchev–Trinajstić information content (AvgIpc) is 2.55. The van der Waals surface area contributed by atoms with Crippen molar-refractivity contribution in [3.05, 3.63) is 65.2 Å². The molecule has 0 heterocycles. The molecule has 0 amide bonds. The first-order valence-corrected chi connectivity index (χ1v) is 7.02. The summed E-state index contributed by atoms with van der Waals surface area (Å²) in [6.07, 6.45) is 2.11. The molecule has 3 heteroatoms. The molecule has 0 unspecified atom stereocenters. The molecule has 21 heavy (non-hydrogen) atoms. The third-order valence-corrected chi connectivity index (χ3v) is 3.16. The van der Waals surface area contributed by atoms with Crippen molar-refractivity contribution in [2.45, 2.75) is 19.8 Å². The summed E-state index contributed by atoms with van der Waals surface area (Å²) in [6.45, 7) is 2.81. The van der Waals surface area contributed by atoms with Gasteiger partial charge in [-0.25, -0.2) is 0 Å². The average molecular weight is 279 g/mol. The van der Waals surface area contributed by atoms with Crippen LogP contribution in [0.3, 0.4) is 0 Å². The number of carbonyl (C=O) groups excluding carboxylic acids is 1. The third kappa shape index (κ3) is 3.93. The van der Waals surface area contributed by atoms with Crippen molar-refractivity contribution in [2.75, 3.05) is 6.61 Å². The van der Waals surface area contributed by atoms with Crippen molar-refractivity contribution in [3.63, 3.8) is 0 Å². The number of nitriles is 1. The third-order valence-electron chi connectivity index (χ3n) is 3.16. The normalized spacial score (nSPS) is 9.90. The van der Waals surface area contributed by atoms with E-state index in [1.54, 1.807) is 36.4 Å². The molecule has 0 aliphatic rings. The van der Waals surface area contributed by atoms with Crippen LogP contribution >= 0.6 is 0 Å². The quantitative estimate of drug-likeness (QED) is 0.594. The number of hydrogen-bond acceptors (Lipinski definition) is 3. The van der Waals surface area contributed by atoms with Gasteiger partial charge < -0.3 is 4.74 Å². The lowest BCUT2D eigenvalue weighted by Crippen LogP contribution is -2.02. The number of nitrogens with zero attached hydrogens (tertiary/aromatic N) is 1. The fourth-order valence-corrected chi connectivity index (χ4v) is 1.90. The number of ketones is 1. The summed E-state index contributed by atoms with van der Waals surface area (Å²) in [5, 5.41) is 8.75. The zero-order chi connectivity index (χ0) is 15.1. The van der Waals surface area contributed by atoms with Crippen LogP contribution in [0.1, 0.15) is 41.3 Å². The molecule has 0 aliphatic heterocycles. The molecule has 2 rings (SSSR count). The molecule has 0 N–H and O–H groups in total. The molecule has 0 spiro atoms. The van der Waals surface area contributed by atoms with Gasteiger partial charge in [-0.1, -0.05) is 13.3 Å². The monoisotopic (exact) mass is 279 g/mol. The Bertz CT molecular complexity index is 636. The van der Waals surface area contributed by atoms with Crippen LogP contribution in [-0.4, -0.2) is 12.4 Å². The highest BCUT2D eigenvalue weighted by atomic mass is 16.5. The van der Waals surface area contributed by atoms with E-state index in [0.717, 1.165) is 18.6 Å². The smallest absolute Gasteiger partial charge is 0.193 e. The molecule has 0 saturated carbocycles. The molecular weight excluding hydrogens is 262 g/mol. The van der Waals surface area contributed by atoms with Gasteiger partial charge in [0.2, 0.25) is 0 Å². The zero-order valence-electron chi connectivity index (χ0n) is 12.0. The van der Waals surface area contributed by atoms with Gasteiger partial charge in [0, 0.05) is 11.1 Å². The van der Waals surface area contributed by atoms with Gasteiger partial charge in [0.1, 0.15) is 5.75 Å². The van der Waals surface area contributed by atoms with E-state index in [9.17, 15) is 4.79 Å². The SMILES string of the molecule is CCCCOc1ccc(C(=O)c2ccc(C#N)cc2)cc1. The summed E-state index contributed by atoms with van der Waals surface area (Å²) in [5.74, 6) is 0.722. The highest BCUT2D eigenvalue weighted by molar-refractivity contribution is 6.09. The van der Waals surface area contributed by atoms with Crippen molar-refractivity contribution in [3.8, 4) is 11.8 Å². The molecule has 3 nitrogen and oxygen atoms in total. The Balaban J connectivity index is 2.07. The van der Waals surface area contributed by atoms with Crippen LogP contribution in [0.4, 0.5) is 0 Å². The summed E-state index contributed by atoms with van der Waals surface area (Å²) < 4.78 is 5.57. The number of benzene rings is 2. The van der Waals surface area contributed by atoms with E-state index in [4.69, 9.17) is 10.00 Å². The molecule has 0 radical (unpaired) electrons. The zero-order valence-corrected chi connectivity index (χ0v) is 12.0. The fraction of sp³-hybridized carbons (Fsp3) is 0.222. The van der Waals surface area contributed by atoms with Crippen molar-refractivity contribution in [1.82, 2.24) is 0 Å². The lowest BCUT2D eigenvalue weighted by atomic mass is 10.0. The van der Waals surface area contributed by atoms with Crippen molar-refractivity contribution < 1.29 is 9.53 Å². The first-order chi connectivity index (χ1) is 10.2. The van der Waals surface area contributed by atoms with Gasteiger partial charge in [0.15, 0.2) is 5.78 Å². The summed E-state index contributed by atoms with van der Waals surface area (Å²) in [7, 11) is 0. The van der Waals surface area contributed by atoms with E-state index < -0.39 is 0 Å². The first-order valence-electron chi connectivity index (χ1n) is 7.02. The Hall–Kier alpha value is -2.60. The molecule has 0 aliphatic carbocycles. The first kappa shape index (κ1) is 14.8. The van der Waals surface area contributed by atoms with Gasteiger partial charge >= 0.3 is 0 Å². The molecular formula is C18H17NO2. The second-order valence-electron chi connectivity index (χ2n) is 4.74. The summed E-state index contributed by atoms with van der Waals surface area (Å²) in [6, 6.07) is 15.8. The Morgan fingerprint density at radius 1 is 1.05 bits per heavy atom. The fourth-order valence-electron chi connectivity index (χ4n) is 1.90. The molecule has 2 aromatic carbocycles. The maximum Gasteiger partial charge on any atom is 0.193 e. The van der Waals surface area contributed by atoms with Gasteiger partial charge in [-0.15, -0.1) is 0 Å². The molecule has 106 valence electrons. The molecule has 0 atom stereocenters. The second-order valence-corrected chi connectivity index (χ2v) is 4.74. The Labute approximate surface area is 124 Å². The van der Waals surface area contributed by atoms with Gasteiger partial charge in [-0.3, -0.25) is 4.79 Å². The van der Waals surface area contributed by atoms with E-state index in [0.29, 0.717) is 23.3 Å². The Morgan fingerprint density at radius 2 is 1.62 bits per heavy atom. The Kier molecular flexibility index (Phi) is 5.11. The second kappa shape index (κ2) is 7.25. The van der Waals surface area contributed by atoms with Crippen LogP contribution in [0.2, 0.25) is 0 Å². The van der Waals surface area contributed by atoms with Crippen LogP contribution in [0.15, 0.2) is 48.5 Å². The lowest BCUT2D eigenvalue weighted by molar-refractivity contribution is 0.103. The minimum absolute atomic E-state index is 0.0559. The predicted molar refractivity (Wildman–Crippen MR) is 81.4 cm³/mol. The summed E-state index contributed by atoms with van der Waals surface area (Å²) in [4.78, 5) is 12.3. The van der Waals surface area contributed by atoms with Crippen molar-refractivity contribution >= 4 is 5.78 Å². The molecule has 0 saturated heterocycles. The van der Waals surface area contributed by atoms with E-state index in [1.165, 1.54) is 0 Å². The highest BCUT2D eigenvalue weighted by Crippen LogP contribution is 2.16. The van der Waals surface area contributed by atoms with Crippen LogP contribution < -0.4 is 4.74 Å². The minimum Gasteiger partial charge on any atom is -0.494 e.